The molecule has 0 aliphatic carbocycles. The Bertz CT molecular complexity index is 967. The molecule has 0 N–H and O–H groups in total. The average molecular weight is 409 g/mol. The lowest BCUT2D eigenvalue weighted by molar-refractivity contribution is 0.0746. The second-order valence-electron chi connectivity index (χ2n) is 6.89. The molecule has 1 aliphatic heterocycles. The molecular weight excluding hydrogens is 388 g/mol. The Balaban J connectivity index is 1.35. The normalized spacial score (nSPS) is 14.0. The Labute approximate surface area is 174 Å². The number of nitrogens with zero attached hydrogens (tertiary/aromatic N) is 4. The molecule has 0 bridgehead atoms. The van der Waals surface area contributed by atoms with Crippen molar-refractivity contribution in [3.8, 4) is 11.5 Å². The van der Waals surface area contributed by atoms with Gasteiger partial charge in [0.2, 0.25) is 0 Å². The first kappa shape index (κ1) is 19.2. The van der Waals surface area contributed by atoms with Crippen LogP contribution < -0.4 is 9.64 Å². The van der Waals surface area contributed by atoms with Crippen molar-refractivity contribution >= 4 is 23.3 Å². The smallest absolute Gasteiger partial charge is 0.253 e. The molecule has 2 heterocycles. The zero-order valence-corrected chi connectivity index (χ0v) is 16.8. The molecule has 3 aromatic rings. The van der Waals surface area contributed by atoms with E-state index in [-0.39, 0.29) is 5.91 Å². The zero-order chi connectivity index (χ0) is 20.2. The van der Waals surface area contributed by atoms with Gasteiger partial charge in [0.25, 0.3) is 5.91 Å². The zero-order valence-electron chi connectivity index (χ0n) is 16.1. The summed E-state index contributed by atoms with van der Waals surface area (Å²) in [6.07, 6.45) is 0. The van der Waals surface area contributed by atoms with Crippen LogP contribution >= 0.6 is 11.6 Å². The fourth-order valence-electron chi connectivity index (χ4n) is 3.19. The molecule has 148 valence electrons. The van der Waals surface area contributed by atoms with Crippen molar-refractivity contribution in [1.29, 1.82) is 0 Å². The van der Waals surface area contributed by atoms with E-state index < -0.39 is 0 Å². The summed E-state index contributed by atoms with van der Waals surface area (Å²) in [5, 5.41) is 9.00. The molecule has 29 heavy (non-hydrogen) atoms. The maximum atomic E-state index is 12.8. The van der Waals surface area contributed by atoms with Crippen molar-refractivity contribution in [3.05, 3.63) is 76.9 Å². The Morgan fingerprint density at radius 1 is 0.862 bits per heavy atom. The van der Waals surface area contributed by atoms with Crippen LogP contribution in [0.15, 0.2) is 60.7 Å². The van der Waals surface area contributed by atoms with Gasteiger partial charge in [-0.2, -0.15) is 5.10 Å². The first-order valence-electron chi connectivity index (χ1n) is 9.46. The van der Waals surface area contributed by atoms with Gasteiger partial charge in [0.15, 0.2) is 5.82 Å². The summed E-state index contributed by atoms with van der Waals surface area (Å²) in [6.45, 7) is 4.69. The van der Waals surface area contributed by atoms with Crippen molar-refractivity contribution in [2.24, 2.45) is 0 Å². The minimum Gasteiger partial charge on any atom is -0.457 e. The monoisotopic (exact) mass is 408 g/mol. The van der Waals surface area contributed by atoms with Gasteiger partial charge >= 0.3 is 0 Å². The molecule has 2 aromatic carbocycles. The first-order valence-corrected chi connectivity index (χ1v) is 9.84. The molecule has 6 nitrogen and oxygen atoms in total. The van der Waals surface area contributed by atoms with E-state index >= 15 is 0 Å². The van der Waals surface area contributed by atoms with E-state index in [1.165, 1.54) is 0 Å². The van der Waals surface area contributed by atoms with Crippen molar-refractivity contribution < 1.29 is 9.53 Å². The number of carbonyl (C=O) groups excluding carboxylic acids is 1. The molecule has 1 aliphatic rings. The second-order valence-corrected chi connectivity index (χ2v) is 7.33. The number of hydrogen-bond acceptors (Lipinski definition) is 5. The van der Waals surface area contributed by atoms with E-state index in [1.807, 2.05) is 24.0 Å². The molecule has 7 heteroatoms. The van der Waals surface area contributed by atoms with Gasteiger partial charge in [-0.15, -0.1) is 5.10 Å². The third-order valence-corrected chi connectivity index (χ3v) is 5.08. The van der Waals surface area contributed by atoms with Gasteiger partial charge in [-0.25, -0.2) is 0 Å². The number of ether oxygens (including phenoxy) is 1. The predicted molar refractivity (Wildman–Crippen MR) is 113 cm³/mol. The highest BCUT2D eigenvalue weighted by Crippen LogP contribution is 2.24. The van der Waals surface area contributed by atoms with Gasteiger partial charge in [0.05, 0.1) is 5.69 Å². The highest BCUT2D eigenvalue weighted by molar-refractivity contribution is 6.30. The number of benzene rings is 2. The minimum atomic E-state index is 0.0256. The summed E-state index contributed by atoms with van der Waals surface area (Å²) in [5.41, 5.74) is 1.54. The van der Waals surface area contributed by atoms with Crippen LogP contribution in [-0.4, -0.2) is 47.2 Å². The number of aromatic nitrogens is 2. The lowest BCUT2D eigenvalue weighted by Gasteiger charge is -2.35. The number of anilines is 1. The van der Waals surface area contributed by atoms with Gasteiger partial charge in [-0.1, -0.05) is 11.6 Å². The van der Waals surface area contributed by atoms with Crippen molar-refractivity contribution in [3.63, 3.8) is 0 Å². The number of aryl methyl sites for hydroxylation is 1. The number of piperazine rings is 1. The van der Waals surface area contributed by atoms with Crippen LogP contribution in [0.25, 0.3) is 0 Å². The fourth-order valence-corrected chi connectivity index (χ4v) is 3.31. The SMILES string of the molecule is Cc1ccc(N2CCN(C(=O)c3ccc(Oc4ccc(Cl)cc4)cc3)CC2)nn1. The van der Waals surface area contributed by atoms with Crippen molar-refractivity contribution in [1.82, 2.24) is 15.1 Å². The van der Waals surface area contributed by atoms with E-state index in [1.54, 1.807) is 48.5 Å². The average Bonchev–Trinajstić information content (AvgIpc) is 2.76. The van der Waals surface area contributed by atoms with E-state index in [0.29, 0.717) is 35.2 Å². The molecule has 1 fully saturated rings. The van der Waals surface area contributed by atoms with Crippen LogP contribution in [0.4, 0.5) is 5.82 Å². The third-order valence-electron chi connectivity index (χ3n) is 4.83. The minimum absolute atomic E-state index is 0.0256. The number of halogens is 1. The van der Waals surface area contributed by atoms with E-state index in [2.05, 4.69) is 15.1 Å². The van der Waals surface area contributed by atoms with Crippen molar-refractivity contribution in [2.45, 2.75) is 6.92 Å². The molecule has 0 unspecified atom stereocenters. The van der Waals surface area contributed by atoms with Crippen LogP contribution in [-0.2, 0) is 0 Å². The lowest BCUT2D eigenvalue weighted by Crippen LogP contribution is -2.49. The Kier molecular flexibility index (Phi) is 5.62. The van der Waals surface area contributed by atoms with E-state index in [9.17, 15) is 4.79 Å². The van der Waals surface area contributed by atoms with Crippen LogP contribution in [0.5, 0.6) is 11.5 Å². The molecule has 1 amide bonds. The second kappa shape index (κ2) is 8.49. The standard InChI is InChI=1S/C22H21ClN4O2/c1-16-2-11-21(25-24-16)26-12-14-27(15-13-26)22(28)17-3-7-19(8-4-17)29-20-9-5-18(23)6-10-20/h2-11H,12-15H2,1H3. The molecule has 0 radical (unpaired) electrons. The molecule has 1 aromatic heterocycles. The van der Waals surface area contributed by atoms with E-state index in [0.717, 1.165) is 24.6 Å². The third kappa shape index (κ3) is 4.66. The Morgan fingerprint density at radius 3 is 2.07 bits per heavy atom. The maximum absolute atomic E-state index is 12.8. The highest BCUT2D eigenvalue weighted by atomic mass is 35.5. The van der Waals surface area contributed by atoms with Gasteiger partial charge in [0.1, 0.15) is 11.5 Å². The van der Waals surface area contributed by atoms with Gasteiger partial charge in [-0.05, 0) is 67.6 Å². The summed E-state index contributed by atoms with van der Waals surface area (Å²) in [6, 6.07) is 18.3. The summed E-state index contributed by atoms with van der Waals surface area (Å²) < 4.78 is 5.78. The summed E-state index contributed by atoms with van der Waals surface area (Å²) in [4.78, 5) is 16.8. The summed E-state index contributed by atoms with van der Waals surface area (Å²) in [5.74, 6) is 2.25. The van der Waals surface area contributed by atoms with Gasteiger partial charge < -0.3 is 14.5 Å². The van der Waals surface area contributed by atoms with Crippen LogP contribution in [0, 0.1) is 6.92 Å². The first-order chi connectivity index (χ1) is 14.1. The number of amides is 1. The molecule has 1 saturated heterocycles. The van der Waals surface area contributed by atoms with Gasteiger partial charge in [-0.3, -0.25) is 4.79 Å². The number of carbonyl (C=O) groups is 1. The number of rotatable bonds is 4. The maximum Gasteiger partial charge on any atom is 0.253 e. The topological polar surface area (TPSA) is 58.6 Å². The highest BCUT2D eigenvalue weighted by Gasteiger charge is 2.23. The molecule has 0 atom stereocenters. The number of hydrogen-bond donors (Lipinski definition) is 0. The van der Waals surface area contributed by atoms with Crippen LogP contribution in [0.3, 0.4) is 0 Å². The Hall–Kier alpha value is -3.12. The Morgan fingerprint density at radius 2 is 1.48 bits per heavy atom. The predicted octanol–water partition coefficient (Wildman–Crippen LogP) is 4.19. The van der Waals surface area contributed by atoms with Crippen LogP contribution in [0.1, 0.15) is 16.1 Å². The molecule has 4 rings (SSSR count). The molecule has 0 saturated carbocycles. The van der Waals surface area contributed by atoms with Crippen molar-refractivity contribution in [2.75, 3.05) is 31.1 Å². The molecular formula is C22H21ClN4O2. The quantitative estimate of drug-likeness (QED) is 0.647. The molecule has 0 spiro atoms. The largest absolute Gasteiger partial charge is 0.457 e. The summed E-state index contributed by atoms with van der Waals surface area (Å²) >= 11 is 5.89. The van der Waals surface area contributed by atoms with Crippen LogP contribution in [0.2, 0.25) is 5.02 Å². The summed E-state index contributed by atoms with van der Waals surface area (Å²) in [7, 11) is 0. The fraction of sp³-hybridized carbons (Fsp3) is 0.227. The van der Waals surface area contributed by atoms with E-state index in [4.69, 9.17) is 16.3 Å². The van der Waals surface area contributed by atoms with Gasteiger partial charge in [0, 0.05) is 36.8 Å². The lowest BCUT2D eigenvalue weighted by atomic mass is 10.1.